The first kappa shape index (κ1) is 46.9. The minimum Gasteiger partial charge on any atom is -0.481 e. The lowest BCUT2D eigenvalue weighted by molar-refractivity contribution is -0.158. The monoisotopic (exact) mass is 772 g/mol. The summed E-state index contributed by atoms with van der Waals surface area (Å²) in [5.74, 6) is 1.19. The summed E-state index contributed by atoms with van der Waals surface area (Å²) in [6.07, 6.45) is 5.25. The van der Waals surface area contributed by atoms with E-state index in [0.29, 0.717) is 63.7 Å². The molecular formula is C40H64N6O9. The summed E-state index contributed by atoms with van der Waals surface area (Å²) >= 11 is 0. The fraction of sp³-hybridized carbons (Fsp3) is 0.675. The molecule has 308 valence electrons. The number of nitrogens with one attached hydrogen (secondary N) is 2. The molecule has 55 heavy (non-hydrogen) atoms. The van der Waals surface area contributed by atoms with Crippen LogP contribution in [0.2, 0.25) is 0 Å². The first-order valence-corrected chi connectivity index (χ1v) is 18.9. The van der Waals surface area contributed by atoms with Crippen molar-refractivity contribution >= 4 is 29.7 Å². The molecule has 1 saturated heterocycles. The third-order valence-corrected chi connectivity index (χ3v) is 7.77. The van der Waals surface area contributed by atoms with Gasteiger partial charge in [0.15, 0.2) is 0 Å². The average molecular weight is 773 g/mol. The van der Waals surface area contributed by atoms with E-state index in [1.54, 1.807) is 24.3 Å². The van der Waals surface area contributed by atoms with Gasteiger partial charge < -0.3 is 29.6 Å². The number of carbonyl (C=O) groups is 5. The SMILES string of the molecule is C#CCOc1cccc(C(=O)NCCNC(=O)CN2CCN(CC(=O)OC(C)(C)C)CCN(CC(=O)OC(C)(C)C)CCN(CC(=O)OC(C)(C)C)CC2)c1. The molecule has 2 N–H and O–H groups in total. The van der Waals surface area contributed by atoms with Gasteiger partial charge in [-0.3, -0.25) is 43.6 Å². The minimum atomic E-state index is -0.659. The molecule has 1 aliphatic rings. The highest BCUT2D eigenvalue weighted by atomic mass is 16.6. The van der Waals surface area contributed by atoms with Crippen LogP contribution < -0.4 is 15.4 Å². The van der Waals surface area contributed by atoms with Gasteiger partial charge in [0, 0.05) is 71.0 Å². The topological polar surface area (TPSA) is 159 Å². The number of carbonyl (C=O) groups excluding carboxylic acids is 5. The Kier molecular flexibility index (Phi) is 19.1. The van der Waals surface area contributed by atoms with Crippen molar-refractivity contribution in [2.45, 2.75) is 79.1 Å². The molecule has 15 nitrogen and oxygen atoms in total. The molecule has 1 aromatic rings. The standard InChI is InChI=1S/C40H64N6O9/c1-11-25-52-32-14-12-13-31(26-32)37(51)42-16-15-41-33(47)27-43-17-19-44(28-34(48)53-38(2,3)4)21-23-46(30-36(50)55-40(8,9)10)24-22-45(20-18-43)29-35(49)54-39(5,6)7/h1,12-14,26H,15-25,27-30H2,2-10H3,(H,41,47)(H,42,51). The zero-order valence-corrected chi connectivity index (χ0v) is 34.5. The highest BCUT2D eigenvalue weighted by Gasteiger charge is 2.26. The number of hydrogen-bond acceptors (Lipinski definition) is 13. The number of ether oxygens (including phenoxy) is 4. The van der Waals surface area contributed by atoms with Crippen LogP contribution in [0, 0.1) is 12.3 Å². The summed E-state index contributed by atoms with van der Waals surface area (Å²) in [6.45, 7) is 20.4. The van der Waals surface area contributed by atoms with Crippen molar-refractivity contribution in [3.05, 3.63) is 29.8 Å². The van der Waals surface area contributed by atoms with Gasteiger partial charge >= 0.3 is 17.9 Å². The molecule has 1 heterocycles. The van der Waals surface area contributed by atoms with Gasteiger partial charge in [0.05, 0.1) is 26.2 Å². The fourth-order valence-corrected chi connectivity index (χ4v) is 5.47. The number of amides is 2. The molecule has 1 aliphatic heterocycles. The van der Waals surface area contributed by atoms with Gasteiger partial charge in [0.25, 0.3) is 5.91 Å². The molecule has 0 radical (unpaired) electrons. The third-order valence-electron chi connectivity index (χ3n) is 7.77. The molecule has 0 bridgehead atoms. The van der Waals surface area contributed by atoms with Crippen LogP contribution in [0.15, 0.2) is 24.3 Å². The molecule has 2 amide bonds. The summed E-state index contributed by atoms with van der Waals surface area (Å²) in [6, 6.07) is 6.66. The van der Waals surface area contributed by atoms with E-state index in [2.05, 4.69) is 16.6 Å². The number of esters is 3. The van der Waals surface area contributed by atoms with E-state index in [4.69, 9.17) is 25.4 Å². The predicted molar refractivity (Wildman–Crippen MR) is 209 cm³/mol. The van der Waals surface area contributed by atoms with Crippen molar-refractivity contribution in [1.82, 2.24) is 30.2 Å². The first-order chi connectivity index (χ1) is 25.6. The predicted octanol–water partition coefficient (Wildman–Crippen LogP) is 1.79. The molecule has 0 aromatic heterocycles. The van der Waals surface area contributed by atoms with Crippen LogP contribution in [0.3, 0.4) is 0 Å². The Morgan fingerprint density at radius 2 is 1.00 bits per heavy atom. The van der Waals surface area contributed by atoms with E-state index in [9.17, 15) is 24.0 Å². The van der Waals surface area contributed by atoms with Crippen LogP contribution in [-0.2, 0) is 33.4 Å². The molecule has 1 aromatic carbocycles. The second kappa shape index (κ2) is 22.4. The number of rotatable bonds is 14. The van der Waals surface area contributed by atoms with Crippen LogP contribution in [0.25, 0.3) is 0 Å². The maximum absolute atomic E-state index is 13.2. The van der Waals surface area contributed by atoms with Crippen LogP contribution in [0.4, 0.5) is 0 Å². The largest absolute Gasteiger partial charge is 0.481 e. The van der Waals surface area contributed by atoms with Gasteiger partial charge in [-0.25, -0.2) is 0 Å². The molecule has 0 unspecified atom stereocenters. The van der Waals surface area contributed by atoms with Gasteiger partial charge in [-0.2, -0.15) is 0 Å². The van der Waals surface area contributed by atoms with E-state index >= 15 is 0 Å². The highest BCUT2D eigenvalue weighted by molar-refractivity contribution is 5.94. The summed E-state index contributed by atoms with van der Waals surface area (Å²) in [5.41, 5.74) is -1.56. The smallest absolute Gasteiger partial charge is 0.320 e. The van der Waals surface area contributed by atoms with E-state index in [1.165, 1.54) is 0 Å². The second-order valence-electron chi connectivity index (χ2n) is 16.5. The first-order valence-electron chi connectivity index (χ1n) is 18.9. The van der Waals surface area contributed by atoms with Crippen molar-refractivity contribution in [1.29, 1.82) is 0 Å². The summed E-state index contributed by atoms with van der Waals surface area (Å²) < 4.78 is 22.2. The number of nitrogens with zero attached hydrogens (tertiary/aromatic N) is 4. The van der Waals surface area contributed by atoms with Crippen molar-refractivity contribution in [3.8, 4) is 18.1 Å². The normalized spacial score (nSPS) is 16.1. The molecule has 2 rings (SSSR count). The average Bonchev–Trinajstić information content (AvgIpc) is 3.04. The Bertz CT molecular complexity index is 1410. The van der Waals surface area contributed by atoms with Crippen LogP contribution in [0.1, 0.15) is 72.7 Å². The Hall–Kier alpha value is -4.23. The number of benzene rings is 1. The molecule has 0 spiro atoms. The van der Waals surface area contributed by atoms with Crippen LogP contribution >= 0.6 is 0 Å². The van der Waals surface area contributed by atoms with E-state index in [1.807, 2.05) is 81.9 Å². The lowest BCUT2D eigenvalue weighted by Crippen LogP contribution is -2.50. The maximum Gasteiger partial charge on any atom is 0.320 e. The lowest BCUT2D eigenvalue weighted by atomic mass is 10.2. The summed E-state index contributed by atoms with van der Waals surface area (Å²) in [5, 5.41) is 5.67. The molecule has 0 saturated carbocycles. The molecular weight excluding hydrogens is 708 g/mol. The zero-order valence-electron chi connectivity index (χ0n) is 34.5. The van der Waals surface area contributed by atoms with Gasteiger partial charge in [-0.1, -0.05) is 12.0 Å². The van der Waals surface area contributed by atoms with Crippen LogP contribution in [0.5, 0.6) is 5.75 Å². The molecule has 1 fully saturated rings. The Balaban J connectivity index is 2.17. The van der Waals surface area contributed by atoms with E-state index in [-0.39, 0.29) is 75.6 Å². The van der Waals surface area contributed by atoms with Gasteiger partial charge in [-0.15, -0.1) is 6.42 Å². The van der Waals surface area contributed by atoms with E-state index in [0.717, 1.165) is 0 Å². The molecule has 15 heteroatoms. The summed E-state index contributed by atoms with van der Waals surface area (Å²) in [4.78, 5) is 72.5. The van der Waals surface area contributed by atoms with Gasteiger partial charge in [-0.05, 0) is 80.5 Å². The Morgan fingerprint density at radius 3 is 1.38 bits per heavy atom. The summed E-state index contributed by atoms with van der Waals surface area (Å²) in [7, 11) is 0. The Morgan fingerprint density at radius 1 is 0.618 bits per heavy atom. The van der Waals surface area contributed by atoms with Crippen molar-refractivity contribution in [3.63, 3.8) is 0 Å². The quantitative estimate of drug-likeness (QED) is 0.122. The van der Waals surface area contributed by atoms with Crippen molar-refractivity contribution < 1.29 is 42.9 Å². The molecule has 0 atom stereocenters. The molecule has 0 aliphatic carbocycles. The van der Waals surface area contributed by atoms with Gasteiger partial charge in [0.2, 0.25) is 5.91 Å². The van der Waals surface area contributed by atoms with E-state index < -0.39 is 16.8 Å². The fourth-order valence-electron chi connectivity index (χ4n) is 5.47. The zero-order chi connectivity index (χ0) is 41.2. The maximum atomic E-state index is 13.2. The van der Waals surface area contributed by atoms with Crippen molar-refractivity contribution in [2.24, 2.45) is 0 Å². The Labute approximate surface area is 327 Å². The number of terminal acetylenes is 1. The second-order valence-corrected chi connectivity index (χ2v) is 16.5. The highest BCUT2D eigenvalue weighted by Crippen LogP contribution is 2.14. The minimum absolute atomic E-state index is 0.0288. The third kappa shape index (κ3) is 22.0. The lowest BCUT2D eigenvalue weighted by Gasteiger charge is -2.34. The van der Waals surface area contributed by atoms with Crippen LogP contribution in [-0.4, -0.2) is 164 Å². The van der Waals surface area contributed by atoms with Gasteiger partial charge in [0.1, 0.15) is 29.2 Å². The number of hydrogen-bond donors (Lipinski definition) is 2. The van der Waals surface area contributed by atoms with Crippen molar-refractivity contribution in [2.75, 3.05) is 98.2 Å².